The lowest BCUT2D eigenvalue weighted by molar-refractivity contribution is 0.658. The summed E-state index contributed by atoms with van der Waals surface area (Å²) in [5.74, 6) is 3.84. The molecule has 0 atom stereocenters. The molecule has 14 aromatic heterocycles. The van der Waals surface area contributed by atoms with E-state index < -0.39 is 8.07 Å². The molecular weight excluding hydrogens is 1850 g/mol. The van der Waals surface area contributed by atoms with Crippen molar-refractivity contribution in [2.45, 2.75) is 19.6 Å². The molecule has 0 aliphatic rings. The number of aromatic nitrogens is 12. The highest BCUT2D eigenvalue weighted by Gasteiger charge is 2.32. The number of benzene rings is 23. The normalized spacial score (nSPS) is 12.6. The van der Waals surface area contributed by atoms with Gasteiger partial charge in [-0.1, -0.05) is 267 Å². The van der Waals surface area contributed by atoms with E-state index in [4.69, 9.17) is 28.8 Å². The third kappa shape index (κ3) is 11.3. The number of rotatable bonds is 4. The maximum absolute atomic E-state index is 9.30. The minimum Gasteiger partial charge on any atom is -0.455 e. The minimum atomic E-state index is -1.50. The Bertz CT molecular complexity index is 12500. The Labute approximate surface area is 850 Å². The Morgan fingerprint density at radius 2 is 0.500 bits per heavy atom. The molecule has 37 aromatic rings. The van der Waals surface area contributed by atoms with Crippen LogP contribution in [0.2, 0.25) is 19.6 Å². The van der Waals surface area contributed by atoms with Gasteiger partial charge >= 0.3 is 0 Å². The number of furan rings is 2. The lowest BCUT2D eigenvalue weighted by Crippen LogP contribution is -2.37. The van der Waals surface area contributed by atoms with Gasteiger partial charge in [0.05, 0.1) is 136 Å². The molecule has 0 spiro atoms. The van der Waals surface area contributed by atoms with E-state index in [1.165, 1.54) is 168 Å². The van der Waals surface area contributed by atoms with Gasteiger partial charge in [-0.05, 0) is 274 Å². The summed E-state index contributed by atoms with van der Waals surface area (Å²) >= 11 is 0. The van der Waals surface area contributed by atoms with Crippen LogP contribution in [0.15, 0.2) is 433 Å². The van der Waals surface area contributed by atoms with Crippen LogP contribution in [0.4, 0.5) is 0 Å². The maximum Gasteiger partial charge on any atom is 0.220 e. The van der Waals surface area contributed by atoms with Gasteiger partial charge in [-0.15, -0.1) is 0 Å². The predicted molar refractivity (Wildman–Crippen MR) is 623 cm³/mol. The van der Waals surface area contributed by atoms with E-state index in [2.05, 4.69) is 437 Å². The first-order valence-corrected chi connectivity index (χ1v) is 54.6. The second-order valence-electron chi connectivity index (χ2n) is 41.6. The molecule has 23 aromatic carbocycles. The number of nitrogens with zero attached hydrogens (tertiary/aromatic N) is 13. The van der Waals surface area contributed by atoms with Crippen LogP contribution < -0.4 is 5.19 Å². The van der Waals surface area contributed by atoms with Crippen molar-refractivity contribution in [1.29, 1.82) is 5.26 Å². The molecule has 0 unspecified atom stereocenters. The highest BCUT2D eigenvalue weighted by atomic mass is 28.3. The first kappa shape index (κ1) is 81.4. The molecule has 0 aliphatic carbocycles. The molecule has 0 fully saturated rings. The van der Waals surface area contributed by atoms with Gasteiger partial charge in [0, 0.05) is 64.6 Å². The van der Waals surface area contributed by atoms with Crippen molar-refractivity contribution in [1.82, 2.24) is 55.1 Å². The Morgan fingerprint density at radius 3 is 0.880 bits per heavy atom. The third-order valence-corrected chi connectivity index (χ3v) is 34.3. The summed E-state index contributed by atoms with van der Waals surface area (Å²) in [6.07, 6.45) is 0. The number of nitriles is 1. The fourth-order valence-corrected chi connectivity index (χ4v) is 26.6. The number of imidazole rings is 8. The molecule has 37 rings (SSSR count). The molecule has 0 radical (unpaired) electrons. The fourth-order valence-electron chi connectivity index (χ4n) is 25.4. The molecule has 0 aliphatic heterocycles. The lowest BCUT2D eigenvalue weighted by Gasteiger charge is -2.17. The lowest BCUT2D eigenvalue weighted by atomic mass is 9.96. The molecular formula is C134H79N13O2Si. The highest BCUT2D eigenvalue weighted by Crippen LogP contribution is 2.51. The molecule has 0 bridgehead atoms. The van der Waals surface area contributed by atoms with Gasteiger partial charge in [0.1, 0.15) is 22.3 Å². The molecule has 16 heteroatoms. The van der Waals surface area contributed by atoms with Crippen molar-refractivity contribution in [3.05, 3.63) is 430 Å². The zero-order chi connectivity index (χ0) is 98.2. The summed E-state index contributed by atoms with van der Waals surface area (Å²) in [7, 11) is -1.50. The standard InChI is InChI=1S/C41H21N3O2.C34H18N4.C33H19N3.C26H21N3Si/c1-2-10-23-19-33-27(17-22(23)9-1)28-18-24(20-34-38(28)44(33)41-42-31-13-5-6-14-32(31)43(34)41)37-39-29(25-11-3-7-15-35(25)45-39)21-30-26-12-4-8-16-36(26)46-40(30)37;35-19-20-9-10-24-14-25(12-11-23(24)13-20)26-16-28-27-15-21-5-1-2-6-22(21)17-31(27)38-33(28)32(18-26)37-30-8-4-3-7-29(30)36-34(37)38;1-2-8-21-15-24(14-13-20(21)7-1)25-17-27-26-16-22-9-3-4-10-23(22)18-30(26)36-32(27)31(19-25)35-29-12-6-5-11-28(29)34-33(35)36;1-30(2,3)18-14-20-19-12-16-8-4-5-9-17(16)13-23(19)29-25(20)24(15-18)28-22-11-7-6-10-21(22)27-26(28)29/h1-21H;1-18H;1-19H;4-15H,1-3H3. The zero-order valence-corrected chi connectivity index (χ0v) is 82.0. The summed E-state index contributed by atoms with van der Waals surface area (Å²) in [5.41, 5.74) is 33.8. The minimum absolute atomic E-state index is 0.680. The van der Waals surface area contributed by atoms with Crippen LogP contribution >= 0.6 is 0 Å². The van der Waals surface area contributed by atoms with Crippen LogP contribution in [-0.4, -0.2) is 63.2 Å². The van der Waals surface area contributed by atoms with Gasteiger partial charge < -0.3 is 8.83 Å². The molecule has 0 saturated carbocycles. The van der Waals surface area contributed by atoms with E-state index in [0.29, 0.717) is 5.56 Å². The number of hydrogen-bond acceptors (Lipinski definition) is 7. The van der Waals surface area contributed by atoms with E-state index in [9.17, 15) is 5.26 Å². The molecule has 0 saturated heterocycles. The van der Waals surface area contributed by atoms with E-state index in [-0.39, 0.29) is 0 Å². The van der Waals surface area contributed by atoms with Crippen LogP contribution in [0.1, 0.15) is 5.56 Å². The summed E-state index contributed by atoms with van der Waals surface area (Å²) < 4.78 is 32.1. The third-order valence-electron chi connectivity index (χ3n) is 32.3. The molecule has 14 heterocycles. The van der Waals surface area contributed by atoms with Crippen molar-refractivity contribution >= 4 is 298 Å². The van der Waals surface area contributed by atoms with Gasteiger partial charge in [0.15, 0.2) is 0 Å². The van der Waals surface area contributed by atoms with Gasteiger partial charge in [-0.3, -0.25) is 35.2 Å². The van der Waals surface area contributed by atoms with E-state index in [1.54, 1.807) is 0 Å². The largest absolute Gasteiger partial charge is 0.455 e. The van der Waals surface area contributed by atoms with Crippen molar-refractivity contribution in [2.24, 2.45) is 0 Å². The van der Waals surface area contributed by atoms with Gasteiger partial charge in [0.25, 0.3) is 0 Å². The average Bonchev–Trinajstić information content (AvgIpc) is 1.53. The maximum atomic E-state index is 9.30. The SMILES string of the molecule is C[Si](C)(C)c1cc2c3cc4ccccc4cc3n3c2c(c1)n1c2ccccc2nc13.N#Cc1ccc2cc(-c3cc4c5cc6ccccc6cc5n5c4c(c3)n3c4ccccc4nc35)ccc2c1.c1ccc2cc(-c3cc4c5cc6ccccc6cc5n5c4c(c3)n3c4ccccc4nc35)ccc2c1.c1ccc2cc3c(cc2c1)c1cc(-c2c4oc5ccccc5c4cc4c2oc2ccccc24)cc2c1n3c1nc3ccccc3n21. The summed E-state index contributed by atoms with van der Waals surface area (Å²) in [6, 6.07) is 154. The number of para-hydroxylation sites is 10. The van der Waals surface area contributed by atoms with Gasteiger partial charge in [-0.25, -0.2) is 19.9 Å². The van der Waals surface area contributed by atoms with E-state index >= 15 is 0 Å². The number of fused-ring (bicyclic) bond motifs is 44. The Balaban J connectivity index is 0.0000000860. The predicted octanol–water partition coefficient (Wildman–Crippen LogP) is 34.1. The molecule has 696 valence electrons. The van der Waals surface area contributed by atoms with Crippen LogP contribution in [0.25, 0.3) is 318 Å². The second kappa shape index (κ2) is 29.7. The van der Waals surface area contributed by atoms with Gasteiger partial charge in [0.2, 0.25) is 23.1 Å². The zero-order valence-electron chi connectivity index (χ0n) is 81.0. The van der Waals surface area contributed by atoms with Crippen LogP contribution in [0.5, 0.6) is 0 Å². The van der Waals surface area contributed by atoms with Crippen LogP contribution in [0.3, 0.4) is 0 Å². The second-order valence-corrected chi connectivity index (χ2v) is 46.7. The van der Waals surface area contributed by atoms with Gasteiger partial charge in [-0.2, -0.15) is 5.26 Å². The molecule has 0 amide bonds. The fraction of sp³-hybridized carbons (Fsp3) is 0.0224. The molecule has 0 N–H and O–H groups in total. The van der Waals surface area contributed by atoms with Crippen molar-refractivity contribution in [3.8, 4) is 39.4 Å². The van der Waals surface area contributed by atoms with Crippen molar-refractivity contribution < 1.29 is 8.83 Å². The number of hydrogen-bond donors (Lipinski definition) is 0. The van der Waals surface area contributed by atoms with E-state index in [0.717, 1.165) is 155 Å². The molecule has 15 nitrogen and oxygen atoms in total. The summed E-state index contributed by atoms with van der Waals surface area (Å²) in [5, 5.41) is 39.9. The average molecular weight is 1930 g/mol. The van der Waals surface area contributed by atoms with Crippen molar-refractivity contribution in [2.75, 3.05) is 0 Å². The summed E-state index contributed by atoms with van der Waals surface area (Å²) in [6.45, 7) is 7.28. The van der Waals surface area contributed by atoms with Crippen LogP contribution in [-0.2, 0) is 0 Å². The highest BCUT2D eigenvalue weighted by molar-refractivity contribution is 6.89. The Hall–Kier alpha value is -20.0. The summed E-state index contributed by atoms with van der Waals surface area (Å²) in [4.78, 5) is 20.4. The topological polar surface area (TPSA) is 137 Å². The van der Waals surface area contributed by atoms with Crippen molar-refractivity contribution in [3.63, 3.8) is 0 Å². The first-order valence-electron chi connectivity index (χ1n) is 51.1. The first-order chi connectivity index (χ1) is 73.9. The monoisotopic (exact) mass is 1930 g/mol. The molecule has 150 heavy (non-hydrogen) atoms. The smallest absolute Gasteiger partial charge is 0.220 e. The van der Waals surface area contributed by atoms with Crippen LogP contribution in [0, 0.1) is 11.3 Å². The van der Waals surface area contributed by atoms with E-state index in [1.807, 2.05) is 48.5 Å². The quantitative estimate of drug-likeness (QED) is 0.160. The Morgan fingerprint density at radius 1 is 0.207 bits per heavy atom. The Kier molecular flexibility index (Phi) is 16.1.